The van der Waals surface area contributed by atoms with Crippen molar-refractivity contribution in [2.75, 3.05) is 6.61 Å². The van der Waals surface area contributed by atoms with Gasteiger partial charge >= 0.3 is 0 Å². The fourth-order valence-corrected chi connectivity index (χ4v) is 3.16. The topological polar surface area (TPSA) is 46.2 Å². The number of allylic oxidation sites excluding steroid dienone is 4. The number of hydrogen-bond donors (Lipinski definition) is 2. The van der Waals surface area contributed by atoms with Gasteiger partial charge < -0.3 is 10.8 Å². The highest BCUT2D eigenvalue weighted by Gasteiger charge is 2.34. The largest absolute Gasteiger partial charge is 0.396 e. The van der Waals surface area contributed by atoms with Gasteiger partial charge in [-0.3, -0.25) is 0 Å². The molecule has 0 unspecified atom stereocenters. The molecule has 0 spiro atoms. The van der Waals surface area contributed by atoms with Crippen LogP contribution in [0.25, 0.3) is 0 Å². The molecule has 3 N–H and O–H groups in total. The molecular weight excluding hydrogens is 246 g/mol. The van der Waals surface area contributed by atoms with Gasteiger partial charge in [0.2, 0.25) is 0 Å². The maximum absolute atomic E-state index is 9.29. The summed E-state index contributed by atoms with van der Waals surface area (Å²) in [5.41, 5.74) is 9.39. The first-order valence-corrected chi connectivity index (χ1v) is 7.83. The fourth-order valence-electron chi connectivity index (χ4n) is 3.16. The van der Waals surface area contributed by atoms with Crippen molar-refractivity contribution < 1.29 is 5.11 Å². The molecule has 0 saturated heterocycles. The van der Waals surface area contributed by atoms with Gasteiger partial charge in [0.05, 0.1) is 0 Å². The van der Waals surface area contributed by atoms with Crippen molar-refractivity contribution in [1.29, 1.82) is 0 Å². The van der Waals surface area contributed by atoms with E-state index in [4.69, 9.17) is 5.73 Å². The van der Waals surface area contributed by atoms with Crippen molar-refractivity contribution in [2.45, 2.75) is 58.4 Å². The quantitative estimate of drug-likeness (QED) is 0.806. The van der Waals surface area contributed by atoms with E-state index in [0.29, 0.717) is 12.5 Å². The molecule has 0 radical (unpaired) electrons. The second-order valence-electron chi connectivity index (χ2n) is 7.46. The van der Waals surface area contributed by atoms with E-state index in [-0.39, 0.29) is 11.0 Å². The Hall–Kier alpha value is -0.860. The molecular formula is C18H29NO. The highest BCUT2D eigenvalue weighted by molar-refractivity contribution is 5.40. The summed E-state index contributed by atoms with van der Waals surface area (Å²) in [6.45, 7) is 7.10. The summed E-state index contributed by atoms with van der Waals surface area (Å²) in [5.74, 6) is 0.444. The Kier molecular flexibility index (Phi) is 4.55. The lowest BCUT2D eigenvalue weighted by Crippen LogP contribution is -2.45. The average Bonchev–Trinajstić information content (AvgIpc) is 2.65. The van der Waals surface area contributed by atoms with E-state index in [1.807, 2.05) is 0 Å². The van der Waals surface area contributed by atoms with Crippen LogP contribution in [0.1, 0.15) is 52.9 Å². The Bertz CT molecular complexity index is 429. The van der Waals surface area contributed by atoms with E-state index < -0.39 is 0 Å². The molecule has 0 bridgehead atoms. The van der Waals surface area contributed by atoms with Crippen molar-refractivity contribution >= 4 is 0 Å². The lowest BCUT2D eigenvalue weighted by molar-refractivity contribution is 0.166. The Morgan fingerprint density at radius 1 is 1.30 bits per heavy atom. The van der Waals surface area contributed by atoms with Crippen LogP contribution < -0.4 is 5.73 Å². The van der Waals surface area contributed by atoms with Crippen molar-refractivity contribution in [3.8, 4) is 0 Å². The van der Waals surface area contributed by atoms with Crippen LogP contribution in [0.2, 0.25) is 0 Å². The van der Waals surface area contributed by atoms with Crippen LogP contribution in [-0.4, -0.2) is 17.3 Å². The molecule has 0 aromatic rings. The maximum Gasteiger partial charge on any atom is 0.0459 e. The maximum atomic E-state index is 9.29. The van der Waals surface area contributed by atoms with Gasteiger partial charge in [0.25, 0.3) is 0 Å². The van der Waals surface area contributed by atoms with Gasteiger partial charge in [-0.05, 0) is 49.0 Å². The van der Waals surface area contributed by atoms with Crippen LogP contribution in [0.15, 0.2) is 35.5 Å². The van der Waals surface area contributed by atoms with E-state index in [9.17, 15) is 5.11 Å². The Labute approximate surface area is 123 Å². The molecule has 2 aliphatic carbocycles. The lowest BCUT2D eigenvalue weighted by atomic mass is 9.72. The third kappa shape index (κ3) is 3.42. The third-order valence-corrected chi connectivity index (χ3v) is 4.87. The zero-order valence-corrected chi connectivity index (χ0v) is 13.2. The SMILES string of the molecule is CC(C)(C)C1=CC(C2(N)CCC(CO)CC2)=CC=CC1. The first-order chi connectivity index (χ1) is 9.35. The van der Waals surface area contributed by atoms with E-state index in [1.54, 1.807) is 0 Å². The van der Waals surface area contributed by atoms with Gasteiger partial charge in [-0.2, -0.15) is 0 Å². The Morgan fingerprint density at radius 2 is 1.95 bits per heavy atom. The molecule has 0 aromatic heterocycles. The molecule has 1 saturated carbocycles. The van der Waals surface area contributed by atoms with Crippen LogP contribution in [0.5, 0.6) is 0 Å². The van der Waals surface area contributed by atoms with Gasteiger partial charge in [-0.15, -0.1) is 0 Å². The molecule has 1 fully saturated rings. The highest BCUT2D eigenvalue weighted by Crippen LogP contribution is 2.39. The van der Waals surface area contributed by atoms with Crippen molar-refractivity contribution in [1.82, 2.24) is 0 Å². The molecule has 112 valence electrons. The molecule has 2 nitrogen and oxygen atoms in total. The number of aliphatic hydroxyl groups excluding tert-OH is 1. The first-order valence-electron chi connectivity index (χ1n) is 7.83. The fraction of sp³-hybridized carbons (Fsp3) is 0.667. The predicted molar refractivity (Wildman–Crippen MR) is 85.3 cm³/mol. The number of aliphatic hydroxyl groups is 1. The van der Waals surface area contributed by atoms with E-state index in [2.05, 4.69) is 45.1 Å². The standard InChI is InChI=1S/C18H29NO/c1-17(2,3)15-6-4-5-7-16(12-15)18(19)10-8-14(13-20)9-11-18/h4-5,7,12,14,20H,6,8-11,13,19H2,1-3H3. The molecule has 0 aliphatic heterocycles. The summed E-state index contributed by atoms with van der Waals surface area (Å²) in [6.07, 6.45) is 13.9. The lowest BCUT2D eigenvalue weighted by Gasteiger charge is -2.38. The molecule has 0 aromatic carbocycles. The van der Waals surface area contributed by atoms with Crippen molar-refractivity contribution in [3.05, 3.63) is 35.5 Å². The monoisotopic (exact) mass is 275 g/mol. The van der Waals surface area contributed by atoms with Crippen LogP contribution in [0.3, 0.4) is 0 Å². The third-order valence-electron chi connectivity index (χ3n) is 4.87. The molecule has 0 amide bonds. The summed E-state index contributed by atoms with van der Waals surface area (Å²) in [5, 5.41) is 9.29. The van der Waals surface area contributed by atoms with E-state index in [1.165, 1.54) is 11.1 Å². The first kappa shape index (κ1) is 15.5. The minimum absolute atomic E-state index is 0.187. The van der Waals surface area contributed by atoms with Crippen LogP contribution >= 0.6 is 0 Å². The van der Waals surface area contributed by atoms with Gasteiger partial charge in [-0.25, -0.2) is 0 Å². The van der Waals surface area contributed by atoms with Gasteiger partial charge in [0.1, 0.15) is 0 Å². The average molecular weight is 275 g/mol. The van der Waals surface area contributed by atoms with Crippen LogP contribution in [-0.2, 0) is 0 Å². The molecule has 2 heteroatoms. The summed E-state index contributed by atoms with van der Waals surface area (Å²) in [4.78, 5) is 0. The van der Waals surface area contributed by atoms with E-state index >= 15 is 0 Å². The van der Waals surface area contributed by atoms with Gasteiger partial charge in [-0.1, -0.05) is 50.6 Å². The summed E-state index contributed by atoms with van der Waals surface area (Å²) in [6, 6.07) is 0. The van der Waals surface area contributed by atoms with E-state index in [0.717, 1.165) is 32.1 Å². The summed E-state index contributed by atoms with van der Waals surface area (Å²) < 4.78 is 0. The van der Waals surface area contributed by atoms with Crippen LogP contribution in [0.4, 0.5) is 0 Å². The number of rotatable bonds is 2. The zero-order chi connectivity index (χ0) is 14.8. The molecule has 0 atom stereocenters. The highest BCUT2D eigenvalue weighted by atomic mass is 16.3. The van der Waals surface area contributed by atoms with Gasteiger partial charge in [0.15, 0.2) is 0 Å². The van der Waals surface area contributed by atoms with Crippen molar-refractivity contribution in [3.63, 3.8) is 0 Å². The van der Waals surface area contributed by atoms with Crippen LogP contribution in [0, 0.1) is 11.3 Å². The summed E-state index contributed by atoms with van der Waals surface area (Å²) in [7, 11) is 0. The summed E-state index contributed by atoms with van der Waals surface area (Å²) >= 11 is 0. The van der Waals surface area contributed by atoms with Crippen molar-refractivity contribution in [2.24, 2.45) is 17.1 Å². The number of nitrogens with two attached hydrogens (primary N) is 1. The second-order valence-corrected chi connectivity index (χ2v) is 7.46. The zero-order valence-electron chi connectivity index (χ0n) is 13.2. The smallest absolute Gasteiger partial charge is 0.0459 e. The second kappa shape index (κ2) is 5.87. The number of hydrogen-bond acceptors (Lipinski definition) is 2. The molecule has 0 heterocycles. The Morgan fingerprint density at radius 3 is 2.50 bits per heavy atom. The Balaban J connectivity index is 2.22. The molecule has 2 rings (SSSR count). The molecule has 20 heavy (non-hydrogen) atoms. The normalized spacial score (nSPS) is 31.6. The minimum Gasteiger partial charge on any atom is -0.396 e. The molecule has 2 aliphatic rings. The minimum atomic E-state index is -0.211. The predicted octanol–water partition coefficient (Wildman–Crippen LogP) is 3.73. The van der Waals surface area contributed by atoms with Gasteiger partial charge in [0, 0.05) is 12.1 Å².